The molecule has 0 aromatic heterocycles. The third-order valence-corrected chi connectivity index (χ3v) is 5.33. The lowest BCUT2D eigenvalue weighted by molar-refractivity contribution is -0.116. The van der Waals surface area contributed by atoms with Crippen molar-refractivity contribution in [3.63, 3.8) is 0 Å². The quantitative estimate of drug-likeness (QED) is 0.728. The lowest BCUT2D eigenvalue weighted by Crippen LogP contribution is -2.45. The molecule has 8 heteroatoms. The molecule has 0 fully saturated rings. The van der Waals surface area contributed by atoms with Gasteiger partial charge in [0.2, 0.25) is 15.9 Å². The number of ether oxygens (including phenoxy) is 2. The molecule has 0 spiro atoms. The summed E-state index contributed by atoms with van der Waals surface area (Å²) >= 11 is 0. The minimum Gasteiger partial charge on any atom is -0.495 e. The molecule has 0 aliphatic rings. The number of nitrogens with one attached hydrogen (secondary N) is 1. The second kappa shape index (κ2) is 8.97. The van der Waals surface area contributed by atoms with Gasteiger partial charge >= 0.3 is 0 Å². The van der Waals surface area contributed by atoms with Crippen LogP contribution in [0.5, 0.6) is 11.5 Å². The maximum absolute atomic E-state index is 12.9. The average Bonchev–Trinajstić information content (AvgIpc) is 2.62. The van der Waals surface area contributed by atoms with E-state index in [0.29, 0.717) is 29.5 Å². The zero-order valence-corrected chi connectivity index (χ0v) is 17.5. The fraction of sp³-hybridized carbons (Fsp3) is 0.350. The molecule has 0 aliphatic carbocycles. The van der Waals surface area contributed by atoms with Crippen LogP contribution < -0.4 is 19.1 Å². The Bertz CT molecular complexity index is 943. The van der Waals surface area contributed by atoms with Crippen molar-refractivity contribution in [1.29, 1.82) is 0 Å². The number of sulfonamides is 1. The number of para-hydroxylation sites is 2. The molecule has 0 heterocycles. The van der Waals surface area contributed by atoms with Crippen LogP contribution in [-0.4, -0.2) is 40.3 Å². The summed E-state index contributed by atoms with van der Waals surface area (Å²) in [5.41, 5.74) is 1.63. The van der Waals surface area contributed by atoms with E-state index in [4.69, 9.17) is 9.47 Å². The van der Waals surface area contributed by atoms with E-state index in [9.17, 15) is 13.2 Å². The zero-order valence-electron chi connectivity index (χ0n) is 16.7. The van der Waals surface area contributed by atoms with Gasteiger partial charge in [0.05, 0.1) is 31.3 Å². The summed E-state index contributed by atoms with van der Waals surface area (Å²) in [7, 11) is -2.31. The Morgan fingerprint density at radius 1 is 1.18 bits per heavy atom. The Labute approximate surface area is 166 Å². The molecule has 0 saturated heterocycles. The molecule has 2 aromatic rings. The molecule has 2 aromatic carbocycles. The van der Waals surface area contributed by atoms with Crippen LogP contribution in [0.4, 0.5) is 11.4 Å². The van der Waals surface area contributed by atoms with Gasteiger partial charge in [-0.25, -0.2) is 8.42 Å². The van der Waals surface area contributed by atoms with E-state index in [2.05, 4.69) is 5.32 Å². The normalized spacial score (nSPS) is 12.2. The fourth-order valence-electron chi connectivity index (χ4n) is 2.84. The van der Waals surface area contributed by atoms with Crippen molar-refractivity contribution >= 4 is 27.3 Å². The van der Waals surface area contributed by atoms with Crippen LogP contribution in [0, 0.1) is 6.92 Å². The van der Waals surface area contributed by atoms with Crippen LogP contribution in [0.25, 0.3) is 0 Å². The zero-order chi connectivity index (χ0) is 20.9. The largest absolute Gasteiger partial charge is 0.495 e. The monoisotopic (exact) mass is 406 g/mol. The summed E-state index contributed by atoms with van der Waals surface area (Å²) in [6, 6.07) is 11.2. The van der Waals surface area contributed by atoms with Crippen LogP contribution in [0.2, 0.25) is 0 Å². The number of nitrogens with zero attached hydrogens (tertiary/aromatic N) is 1. The van der Waals surface area contributed by atoms with Crippen LogP contribution in [0.1, 0.15) is 19.4 Å². The number of methoxy groups -OCH3 is 1. The first-order valence-electron chi connectivity index (χ1n) is 8.85. The molecule has 1 amide bonds. The number of anilines is 2. The van der Waals surface area contributed by atoms with Crippen molar-refractivity contribution in [3.8, 4) is 11.5 Å². The maximum Gasteiger partial charge on any atom is 0.248 e. The number of carbonyl (C=O) groups excluding carboxylic acids is 1. The third kappa shape index (κ3) is 4.95. The van der Waals surface area contributed by atoms with Crippen molar-refractivity contribution in [2.45, 2.75) is 26.8 Å². The summed E-state index contributed by atoms with van der Waals surface area (Å²) < 4.78 is 37.0. The van der Waals surface area contributed by atoms with E-state index in [0.717, 1.165) is 16.1 Å². The predicted molar refractivity (Wildman–Crippen MR) is 111 cm³/mol. The van der Waals surface area contributed by atoms with Gasteiger partial charge in [-0.3, -0.25) is 9.10 Å². The second-order valence-corrected chi connectivity index (χ2v) is 8.19. The summed E-state index contributed by atoms with van der Waals surface area (Å²) in [6.45, 7) is 5.66. The first-order valence-corrected chi connectivity index (χ1v) is 10.7. The molecule has 0 aliphatic heterocycles. The summed E-state index contributed by atoms with van der Waals surface area (Å²) in [4.78, 5) is 12.9. The highest BCUT2D eigenvalue weighted by Gasteiger charge is 2.31. The highest BCUT2D eigenvalue weighted by atomic mass is 32.2. The highest BCUT2D eigenvalue weighted by Crippen LogP contribution is 2.33. The first kappa shape index (κ1) is 21.6. The minimum atomic E-state index is -3.76. The standard InChI is InChI=1S/C20H26N2O5S/c1-6-27-18-10-8-7-9-16(18)21-20(23)15(3)22(28(5,24)25)17-13-14(2)11-12-19(17)26-4/h7-13,15H,6H2,1-5H3,(H,21,23). The van der Waals surface area contributed by atoms with Gasteiger partial charge in [0.15, 0.2) is 0 Å². The number of aryl methyl sites for hydroxylation is 1. The van der Waals surface area contributed by atoms with Gasteiger partial charge in [0.25, 0.3) is 0 Å². The number of hydrogen-bond acceptors (Lipinski definition) is 5. The number of amides is 1. The van der Waals surface area contributed by atoms with Gasteiger partial charge in [0, 0.05) is 0 Å². The van der Waals surface area contributed by atoms with Crippen molar-refractivity contribution < 1.29 is 22.7 Å². The predicted octanol–water partition coefficient (Wildman–Crippen LogP) is 3.20. The topological polar surface area (TPSA) is 84.9 Å². The smallest absolute Gasteiger partial charge is 0.248 e. The van der Waals surface area contributed by atoms with E-state index in [1.807, 2.05) is 19.9 Å². The number of rotatable bonds is 8. The average molecular weight is 407 g/mol. The van der Waals surface area contributed by atoms with E-state index in [-0.39, 0.29) is 0 Å². The van der Waals surface area contributed by atoms with Gasteiger partial charge in [-0.15, -0.1) is 0 Å². The molecule has 0 bridgehead atoms. The molecular formula is C20H26N2O5S. The lowest BCUT2D eigenvalue weighted by atomic mass is 10.2. The molecule has 28 heavy (non-hydrogen) atoms. The van der Waals surface area contributed by atoms with Gasteiger partial charge in [-0.05, 0) is 50.6 Å². The Hall–Kier alpha value is -2.74. The molecule has 1 N–H and O–H groups in total. The molecule has 7 nitrogen and oxygen atoms in total. The molecule has 152 valence electrons. The van der Waals surface area contributed by atoms with Crippen molar-refractivity contribution in [3.05, 3.63) is 48.0 Å². The van der Waals surface area contributed by atoms with Gasteiger partial charge < -0.3 is 14.8 Å². The summed E-state index contributed by atoms with van der Waals surface area (Å²) in [5.74, 6) is 0.399. The van der Waals surface area contributed by atoms with Crippen LogP contribution in [0.3, 0.4) is 0 Å². The Morgan fingerprint density at radius 2 is 1.86 bits per heavy atom. The highest BCUT2D eigenvalue weighted by molar-refractivity contribution is 7.92. The van der Waals surface area contributed by atoms with Gasteiger partial charge in [-0.2, -0.15) is 0 Å². The number of hydrogen-bond donors (Lipinski definition) is 1. The molecule has 0 radical (unpaired) electrons. The van der Waals surface area contributed by atoms with E-state index < -0.39 is 22.0 Å². The fourth-order valence-corrected chi connectivity index (χ4v) is 4.01. The van der Waals surface area contributed by atoms with Crippen molar-refractivity contribution in [2.24, 2.45) is 0 Å². The Kier molecular flexibility index (Phi) is 6.90. The second-order valence-electron chi connectivity index (χ2n) is 6.33. The molecule has 1 atom stereocenters. The summed E-state index contributed by atoms with van der Waals surface area (Å²) in [6.07, 6.45) is 1.06. The SMILES string of the molecule is CCOc1ccccc1NC(=O)C(C)N(c1cc(C)ccc1OC)S(C)(=O)=O. The molecule has 2 rings (SSSR count). The third-order valence-electron chi connectivity index (χ3n) is 4.11. The Morgan fingerprint density at radius 3 is 2.46 bits per heavy atom. The van der Waals surface area contributed by atoms with Crippen LogP contribution in [0.15, 0.2) is 42.5 Å². The maximum atomic E-state index is 12.9. The van der Waals surface area contributed by atoms with Crippen molar-refractivity contribution in [1.82, 2.24) is 0 Å². The Balaban J connectivity index is 2.41. The van der Waals surface area contributed by atoms with Crippen LogP contribution >= 0.6 is 0 Å². The number of carbonyl (C=O) groups is 1. The molecular weight excluding hydrogens is 380 g/mol. The van der Waals surface area contributed by atoms with E-state index in [1.54, 1.807) is 36.4 Å². The number of benzene rings is 2. The van der Waals surface area contributed by atoms with Crippen molar-refractivity contribution in [2.75, 3.05) is 29.6 Å². The molecule has 0 saturated carbocycles. The first-order chi connectivity index (χ1) is 13.2. The van der Waals surface area contributed by atoms with E-state index >= 15 is 0 Å². The summed E-state index contributed by atoms with van der Waals surface area (Å²) in [5, 5.41) is 2.76. The van der Waals surface area contributed by atoms with Crippen LogP contribution in [-0.2, 0) is 14.8 Å². The van der Waals surface area contributed by atoms with Gasteiger partial charge in [0.1, 0.15) is 17.5 Å². The van der Waals surface area contributed by atoms with Gasteiger partial charge in [-0.1, -0.05) is 18.2 Å². The molecule has 1 unspecified atom stereocenters. The van der Waals surface area contributed by atoms with E-state index in [1.165, 1.54) is 14.0 Å². The minimum absolute atomic E-state index is 0.311. The lowest BCUT2D eigenvalue weighted by Gasteiger charge is -2.29.